The van der Waals surface area contributed by atoms with Crippen LogP contribution in [0.2, 0.25) is 0 Å². The molecule has 0 radical (unpaired) electrons. The molecule has 0 aliphatic carbocycles. The number of nitrogens with one attached hydrogen (secondary N) is 2. The molecule has 172 valence electrons. The quantitative estimate of drug-likeness (QED) is 0.331. The first-order valence-electron chi connectivity index (χ1n) is 9.84. The number of nitrogens with zero attached hydrogens (tertiary/aromatic N) is 5. The maximum atomic E-state index is 13.3. The SMILES string of the molecule is NS(=O)(=O)c1c(S(=O)(=O)C[C@@H]2CCNC2)ccc(-c2ccc3nonc3c2)c1-c1nn[nH]n1. The minimum absolute atomic E-state index is 0.0762. The van der Waals surface area contributed by atoms with Gasteiger partial charge in [0, 0.05) is 0 Å². The maximum absolute atomic E-state index is 13.3. The minimum Gasteiger partial charge on any atom is -0.316 e. The van der Waals surface area contributed by atoms with Gasteiger partial charge in [-0.15, -0.1) is 10.2 Å². The number of rotatable bonds is 6. The first kappa shape index (κ1) is 21.6. The van der Waals surface area contributed by atoms with E-state index < -0.39 is 29.7 Å². The van der Waals surface area contributed by atoms with Crippen molar-refractivity contribution >= 4 is 30.9 Å². The summed E-state index contributed by atoms with van der Waals surface area (Å²) in [6.07, 6.45) is 0.672. The molecule has 3 heterocycles. The summed E-state index contributed by atoms with van der Waals surface area (Å²) in [6, 6.07) is 7.67. The second-order valence-electron chi connectivity index (χ2n) is 7.70. The van der Waals surface area contributed by atoms with E-state index in [1.165, 1.54) is 12.1 Å². The van der Waals surface area contributed by atoms with Crippen molar-refractivity contribution in [2.75, 3.05) is 18.8 Å². The zero-order valence-electron chi connectivity index (χ0n) is 17.0. The molecule has 0 spiro atoms. The highest BCUT2D eigenvalue weighted by molar-refractivity contribution is 7.93. The number of aromatic amines is 1. The Bertz CT molecular complexity index is 1540. The van der Waals surface area contributed by atoms with Gasteiger partial charge in [-0.25, -0.2) is 26.6 Å². The molecule has 2 aromatic heterocycles. The van der Waals surface area contributed by atoms with Gasteiger partial charge in [-0.3, -0.25) is 0 Å². The summed E-state index contributed by atoms with van der Waals surface area (Å²) in [6.45, 7) is 1.24. The van der Waals surface area contributed by atoms with Crippen LogP contribution in [0.1, 0.15) is 6.42 Å². The number of H-pyrrole nitrogens is 1. The van der Waals surface area contributed by atoms with E-state index in [0.29, 0.717) is 41.7 Å². The molecule has 0 amide bonds. The van der Waals surface area contributed by atoms with Crippen LogP contribution in [-0.4, -0.2) is 66.6 Å². The number of sulfonamides is 1. The Morgan fingerprint density at radius 3 is 2.61 bits per heavy atom. The van der Waals surface area contributed by atoms with Crippen LogP contribution in [0.3, 0.4) is 0 Å². The molecule has 2 aromatic carbocycles. The summed E-state index contributed by atoms with van der Waals surface area (Å²) in [5.41, 5.74) is 1.68. The van der Waals surface area contributed by atoms with Crippen LogP contribution in [0.25, 0.3) is 33.5 Å². The van der Waals surface area contributed by atoms with Crippen LogP contribution >= 0.6 is 0 Å². The zero-order chi connectivity index (χ0) is 23.2. The fourth-order valence-corrected chi connectivity index (χ4v) is 7.34. The van der Waals surface area contributed by atoms with Crippen molar-refractivity contribution in [3.05, 3.63) is 30.3 Å². The van der Waals surface area contributed by atoms with Gasteiger partial charge in [0.05, 0.1) is 16.2 Å². The molecule has 0 bridgehead atoms. The molecule has 15 heteroatoms. The van der Waals surface area contributed by atoms with Gasteiger partial charge in [-0.2, -0.15) is 5.21 Å². The Labute approximate surface area is 187 Å². The van der Waals surface area contributed by atoms with Crippen LogP contribution in [0, 0.1) is 5.92 Å². The van der Waals surface area contributed by atoms with Crippen molar-refractivity contribution in [1.29, 1.82) is 0 Å². The first-order chi connectivity index (χ1) is 15.7. The molecule has 4 N–H and O–H groups in total. The summed E-state index contributed by atoms with van der Waals surface area (Å²) in [5.74, 6) is -0.477. The fraction of sp³-hybridized carbons (Fsp3) is 0.278. The molecule has 0 saturated carbocycles. The predicted octanol–water partition coefficient (Wildman–Crippen LogP) is 0.101. The average Bonchev–Trinajstić information content (AvgIpc) is 3.53. The highest BCUT2D eigenvalue weighted by atomic mass is 32.2. The number of hydrogen-bond donors (Lipinski definition) is 3. The molecular weight excluding hydrogens is 472 g/mol. The van der Waals surface area contributed by atoms with Gasteiger partial charge in [-0.05, 0) is 70.3 Å². The molecule has 1 aliphatic heterocycles. The number of benzene rings is 2. The van der Waals surface area contributed by atoms with Crippen molar-refractivity contribution in [3.63, 3.8) is 0 Å². The Hall–Kier alpha value is -3.27. The largest absolute Gasteiger partial charge is 0.316 e. The Morgan fingerprint density at radius 1 is 1.09 bits per heavy atom. The molecule has 1 saturated heterocycles. The number of hydrogen-bond acceptors (Lipinski definition) is 11. The predicted molar refractivity (Wildman–Crippen MR) is 115 cm³/mol. The zero-order valence-corrected chi connectivity index (χ0v) is 18.6. The number of tetrazole rings is 1. The standard InChI is InChI=1S/C18H18N8O5S2/c19-33(29,30)17-15(32(27,28)9-10-5-6-20-8-10)4-2-12(16(17)18-21-25-26-22-18)11-1-3-13-14(7-11)24-31-23-13/h1-4,7,10,20H,5-6,8-9H2,(H2,19,29,30)(H,21,22,25,26)/t10-/m1/s1. The van der Waals surface area contributed by atoms with Gasteiger partial charge in [0.1, 0.15) is 15.9 Å². The summed E-state index contributed by atoms with van der Waals surface area (Å²) >= 11 is 0. The molecule has 1 aliphatic rings. The fourth-order valence-electron chi connectivity index (χ4n) is 4.03. The van der Waals surface area contributed by atoms with Crippen LogP contribution < -0.4 is 10.5 Å². The maximum Gasteiger partial charge on any atom is 0.240 e. The average molecular weight is 491 g/mol. The van der Waals surface area contributed by atoms with E-state index in [0.717, 1.165) is 0 Å². The third-order valence-corrected chi connectivity index (χ3v) is 8.54. The highest BCUT2D eigenvalue weighted by Gasteiger charge is 2.34. The Morgan fingerprint density at radius 2 is 1.91 bits per heavy atom. The number of nitrogens with two attached hydrogens (primary N) is 1. The van der Waals surface area contributed by atoms with Gasteiger partial charge < -0.3 is 5.32 Å². The lowest BCUT2D eigenvalue weighted by Gasteiger charge is -2.17. The number of sulfone groups is 1. The van der Waals surface area contributed by atoms with Crippen LogP contribution in [0.4, 0.5) is 0 Å². The van der Waals surface area contributed by atoms with Gasteiger partial charge in [0.2, 0.25) is 15.8 Å². The third kappa shape index (κ3) is 3.99. The molecule has 13 nitrogen and oxygen atoms in total. The topological polar surface area (TPSA) is 200 Å². The third-order valence-electron chi connectivity index (χ3n) is 5.49. The van der Waals surface area contributed by atoms with E-state index in [9.17, 15) is 16.8 Å². The Kier molecular flexibility index (Phi) is 5.19. The van der Waals surface area contributed by atoms with Gasteiger partial charge in [0.25, 0.3) is 0 Å². The monoisotopic (exact) mass is 490 g/mol. The van der Waals surface area contributed by atoms with E-state index in [2.05, 4.69) is 36.3 Å². The summed E-state index contributed by atoms with van der Waals surface area (Å²) in [7, 11) is -8.55. The van der Waals surface area contributed by atoms with E-state index in [1.54, 1.807) is 18.2 Å². The van der Waals surface area contributed by atoms with E-state index in [1.807, 2.05) is 0 Å². The van der Waals surface area contributed by atoms with Gasteiger partial charge >= 0.3 is 0 Å². The van der Waals surface area contributed by atoms with Crippen LogP contribution in [0.5, 0.6) is 0 Å². The lowest BCUT2D eigenvalue weighted by molar-refractivity contribution is 0.315. The van der Waals surface area contributed by atoms with Crippen molar-refractivity contribution in [1.82, 2.24) is 36.3 Å². The highest BCUT2D eigenvalue weighted by Crippen LogP contribution is 2.39. The number of fused-ring (bicyclic) bond motifs is 1. The minimum atomic E-state index is -4.53. The van der Waals surface area contributed by atoms with E-state index >= 15 is 0 Å². The molecule has 0 unspecified atom stereocenters. The molecule has 4 aromatic rings. The second-order valence-corrected chi connectivity index (χ2v) is 11.2. The van der Waals surface area contributed by atoms with Gasteiger partial charge in [0.15, 0.2) is 9.84 Å². The van der Waals surface area contributed by atoms with Crippen LogP contribution in [0.15, 0.2) is 44.8 Å². The molecule has 5 rings (SSSR count). The second kappa shape index (κ2) is 7.95. The first-order valence-corrected chi connectivity index (χ1v) is 13.0. The van der Waals surface area contributed by atoms with Crippen LogP contribution in [-0.2, 0) is 19.9 Å². The van der Waals surface area contributed by atoms with E-state index in [4.69, 9.17) is 9.77 Å². The molecule has 1 atom stereocenters. The Balaban J connectivity index is 1.78. The van der Waals surface area contributed by atoms with Crippen molar-refractivity contribution in [2.24, 2.45) is 11.1 Å². The molecule has 1 fully saturated rings. The lowest BCUT2D eigenvalue weighted by Crippen LogP contribution is -2.23. The van der Waals surface area contributed by atoms with E-state index in [-0.39, 0.29) is 23.1 Å². The van der Waals surface area contributed by atoms with Crippen molar-refractivity contribution < 1.29 is 21.5 Å². The van der Waals surface area contributed by atoms with Crippen molar-refractivity contribution in [3.8, 4) is 22.5 Å². The smallest absolute Gasteiger partial charge is 0.240 e. The molecule has 33 heavy (non-hydrogen) atoms. The summed E-state index contributed by atoms with van der Waals surface area (Å²) < 4.78 is 56.9. The normalized spacial score (nSPS) is 17.1. The summed E-state index contributed by atoms with van der Waals surface area (Å²) in [5, 5.41) is 29.8. The van der Waals surface area contributed by atoms with Gasteiger partial charge in [-0.1, -0.05) is 12.1 Å². The number of aromatic nitrogens is 6. The summed E-state index contributed by atoms with van der Waals surface area (Å²) in [4.78, 5) is -0.977. The number of primary sulfonamides is 1. The lowest BCUT2D eigenvalue weighted by atomic mass is 9.98. The molecular formula is C18H18N8O5S2. The van der Waals surface area contributed by atoms with Crippen molar-refractivity contribution in [2.45, 2.75) is 16.2 Å².